The van der Waals surface area contributed by atoms with Crippen molar-refractivity contribution in [3.8, 4) is 11.1 Å². The Hall–Kier alpha value is -2.42. The van der Waals surface area contributed by atoms with Gasteiger partial charge in [0, 0.05) is 29.5 Å². The Bertz CT molecular complexity index is 672. The monoisotopic (exact) mass is 221 g/mol. The molecule has 0 aliphatic heterocycles. The third-order valence-corrected chi connectivity index (χ3v) is 2.83. The number of nitrogens with two attached hydrogens (primary N) is 1. The summed E-state index contributed by atoms with van der Waals surface area (Å²) >= 11 is 0. The molecule has 2 N–H and O–H groups in total. The van der Waals surface area contributed by atoms with Gasteiger partial charge in [0.15, 0.2) is 0 Å². The molecule has 0 bridgehead atoms. The van der Waals surface area contributed by atoms with Crippen LogP contribution in [0, 0.1) is 0 Å². The van der Waals surface area contributed by atoms with Gasteiger partial charge in [-0.15, -0.1) is 0 Å². The molecule has 0 spiro atoms. The minimum Gasteiger partial charge on any atom is -0.397 e. The van der Waals surface area contributed by atoms with Crippen LogP contribution in [0.2, 0.25) is 0 Å². The van der Waals surface area contributed by atoms with Crippen molar-refractivity contribution in [1.29, 1.82) is 0 Å². The third-order valence-electron chi connectivity index (χ3n) is 2.83. The molecule has 3 heteroatoms. The summed E-state index contributed by atoms with van der Waals surface area (Å²) in [5, 5.41) is 2.27. The van der Waals surface area contributed by atoms with E-state index < -0.39 is 0 Å². The molecule has 0 saturated heterocycles. The Morgan fingerprint density at radius 2 is 1.65 bits per heavy atom. The normalized spacial score (nSPS) is 10.6. The molecule has 0 fully saturated rings. The van der Waals surface area contributed by atoms with E-state index in [4.69, 9.17) is 5.73 Å². The summed E-state index contributed by atoms with van der Waals surface area (Å²) in [6.07, 6.45) is 7.08. The van der Waals surface area contributed by atoms with Crippen LogP contribution in [-0.4, -0.2) is 9.97 Å². The number of benzene rings is 1. The van der Waals surface area contributed by atoms with Crippen molar-refractivity contribution in [2.24, 2.45) is 0 Å². The lowest BCUT2D eigenvalue weighted by Gasteiger charge is -2.08. The van der Waals surface area contributed by atoms with Crippen LogP contribution in [0.4, 0.5) is 5.69 Å². The lowest BCUT2D eigenvalue weighted by Crippen LogP contribution is -1.91. The Labute approximate surface area is 98.9 Å². The van der Waals surface area contributed by atoms with Gasteiger partial charge in [0.1, 0.15) is 0 Å². The van der Waals surface area contributed by atoms with Crippen molar-refractivity contribution in [2.75, 3.05) is 5.73 Å². The number of fused-ring (bicyclic) bond motifs is 1. The summed E-state index contributed by atoms with van der Waals surface area (Å²) in [7, 11) is 0. The van der Waals surface area contributed by atoms with Gasteiger partial charge < -0.3 is 5.73 Å². The molecule has 0 atom stereocenters. The topological polar surface area (TPSA) is 51.8 Å². The van der Waals surface area contributed by atoms with Gasteiger partial charge in [-0.3, -0.25) is 9.97 Å². The van der Waals surface area contributed by atoms with E-state index >= 15 is 0 Å². The van der Waals surface area contributed by atoms with Crippen molar-refractivity contribution in [3.05, 3.63) is 55.1 Å². The fourth-order valence-corrected chi connectivity index (χ4v) is 2.00. The fourth-order valence-electron chi connectivity index (χ4n) is 2.00. The number of rotatable bonds is 1. The van der Waals surface area contributed by atoms with E-state index in [0.29, 0.717) is 5.69 Å². The van der Waals surface area contributed by atoms with Gasteiger partial charge >= 0.3 is 0 Å². The van der Waals surface area contributed by atoms with Crippen LogP contribution in [0.25, 0.3) is 21.9 Å². The van der Waals surface area contributed by atoms with Crippen molar-refractivity contribution >= 4 is 16.5 Å². The lowest BCUT2D eigenvalue weighted by atomic mass is 10.00. The van der Waals surface area contributed by atoms with Gasteiger partial charge in [0.2, 0.25) is 0 Å². The predicted octanol–water partition coefficient (Wildman–Crippen LogP) is 2.88. The average molecular weight is 221 g/mol. The molecule has 0 unspecified atom stereocenters. The molecule has 3 rings (SSSR count). The van der Waals surface area contributed by atoms with Gasteiger partial charge in [0.25, 0.3) is 0 Å². The molecule has 3 nitrogen and oxygen atoms in total. The van der Waals surface area contributed by atoms with E-state index in [9.17, 15) is 0 Å². The molecular formula is C14H11N3. The molecule has 0 aliphatic rings. The van der Waals surface area contributed by atoms with Crippen LogP contribution < -0.4 is 5.73 Å². The second kappa shape index (κ2) is 3.87. The quantitative estimate of drug-likeness (QED) is 0.687. The number of pyridine rings is 2. The smallest absolute Gasteiger partial charge is 0.0580 e. The van der Waals surface area contributed by atoms with E-state index in [-0.39, 0.29) is 0 Å². The van der Waals surface area contributed by atoms with Crippen LogP contribution in [0.3, 0.4) is 0 Å². The molecule has 82 valence electrons. The van der Waals surface area contributed by atoms with E-state index in [1.54, 1.807) is 18.6 Å². The Morgan fingerprint density at radius 3 is 2.53 bits per heavy atom. The van der Waals surface area contributed by atoms with E-state index in [2.05, 4.69) is 22.1 Å². The first kappa shape index (κ1) is 9.78. The lowest BCUT2D eigenvalue weighted by molar-refractivity contribution is 1.33. The van der Waals surface area contributed by atoms with Gasteiger partial charge in [-0.1, -0.05) is 18.2 Å². The number of aromatic nitrogens is 2. The number of nitrogens with zero attached hydrogens (tertiary/aromatic N) is 2. The highest BCUT2D eigenvalue weighted by atomic mass is 14.7. The summed E-state index contributed by atoms with van der Waals surface area (Å²) < 4.78 is 0. The molecule has 0 amide bonds. The van der Waals surface area contributed by atoms with Gasteiger partial charge in [-0.2, -0.15) is 0 Å². The summed E-state index contributed by atoms with van der Waals surface area (Å²) in [4.78, 5) is 8.18. The largest absolute Gasteiger partial charge is 0.397 e. The summed E-state index contributed by atoms with van der Waals surface area (Å²) in [6.45, 7) is 0. The minimum atomic E-state index is 0.684. The zero-order valence-electron chi connectivity index (χ0n) is 9.17. The maximum absolute atomic E-state index is 5.96. The van der Waals surface area contributed by atoms with Crippen molar-refractivity contribution in [2.45, 2.75) is 0 Å². The first-order valence-corrected chi connectivity index (χ1v) is 5.39. The first-order valence-electron chi connectivity index (χ1n) is 5.39. The Morgan fingerprint density at radius 1 is 0.824 bits per heavy atom. The highest BCUT2D eigenvalue weighted by Crippen LogP contribution is 2.30. The van der Waals surface area contributed by atoms with Crippen molar-refractivity contribution in [3.63, 3.8) is 0 Å². The maximum atomic E-state index is 5.96. The molecule has 0 radical (unpaired) electrons. The minimum absolute atomic E-state index is 0.684. The van der Waals surface area contributed by atoms with E-state index in [0.717, 1.165) is 21.9 Å². The van der Waals surface area contributed by atoms with Crippen LogP contribution in [0.15, 0.2) is 55.1 Å². The van der Waals surface area contributed by atoms with Gasteiger partial charge in [-0.05, 0) is 23.1 Å². The predicted molar refractivity (Wildman–Crippen MR) is 69.4 cm³/mol. The second-order valence-corrected chi connectivity index (χ2v) is 3.87. The van der Waals surface area contributed by atoms with E-state index in [1.165, 1.54) is 0 Å². The number of anilines is 1. The van der Waals surface area contributed by atoms with Gasteiger partial charge in [0.05, 0.1) is 11.9 Å². The molecule has 2 heterocycles. The van der Waals surface area contributed by atoms with Crippen molar-refractivity contribution in [1.82, 2.24) is 9.97 Å². The van der Waals surface area contributed by atoms with Crippen molar-refractivity contribution < 1.29 is 0 Å². The molecular weight excluding hydrogens is 210 g/mol. The number of hydrogen-bond donors (Lipinski definition) is 1. The zero-order valence-corrected chi connectivity index (χ0v) is 9.17. The average Bonchev–Trinajstić information content (AvgIpc) is 2.39. The number of nitrogen functional groups attached to an aromatic ring is 1. The van der Waals surface area contributed by atoms with Crippen LogP contribution >= 0.6 is 0 Å². The molecule has 0 saturated carbocycles. The first-order chi connectivity index (χ1) is 8.36. The Balaban J connectivity index is 2.35. The molecule has 2 aromatic heterocycles. The summed E-state index contributed by atoms with van der Waals surface area (Å²) in [5.74, 6) is 0. The molecule has 17 heavy (non-hydrogen) atoms. The maximum Gasteiger partial charge on any atom is 0.0580 e. The van der Waals surface area contributed by atoms with Crippen LogP contribution in [0.5, 0.6) is 0 Å². The molecule has 3 aromatic rings. The zero-order chi connectivity index (χ0) is 11.7. The third kappa shape index (κ3) is 1.61. The summed E-state index contributed by atoms with van der Waals surface area (Å²) in [5.41, 5.74) is 8.74. The Kier molecular flexibility index (Phi) is 2.22. The van der Waals surface area contributed by atoms with Gasteiger partial charge in [-0.25, -0.2) is 0 Å². The standard InChI is InChI=1S/C14H11N3/c15-14-9-17-7-5-12(14)11-3-1-2-10-4-6-16-8-13(10)11/h1-9H,15H2. The van der Waals surface area contributed by atoms with Crippen LogP contribution in [-0.2, 0) is 0 Å². The number of hydrogen-bond acceptors (Lipinski definition) is 3. The molecule has 0 aliphatic carbocycles. The van der Waals surface area contributed by atoms with E-state index in [1.807, 2.05) is 24.4 Å². The molecule has 1 aromatic carbocycles. The SMILES string of the molecule is Nc1cnccc1-c1cccc2ccncc12. The van der Waals surface area contributed by atoms with Crippen LogP contribution in [0.1, 0.15) is 0 Å². The summed E-state index contributed by atoms with van der Waals surface area (Å²) in [6, 6.07) is 10.1. The second-order valence-electron chi connectivity index (χ2n) is 3.87. The highest BCUT2D eigenvalue weighted by molar-refractivity contribution is 5.98. The highest BCUT2D eigenvalue weighted by Gasteiger charge is 2.06. The fraction of sp³-hybridized carbons (Fsp3) is 0.